The van der Waals surface area contributed by atoms with Gasteiger partial charge >= 0.3 is 0 Å². The van der Waals surface area contributed by atoms with Crippen LogP contribution < -0.4 is 5.32 Å². The van der Waals surface area contributed by atoms with Gasteiger partial charge in [-0.15, -0.1) is 11.8 Å². The third kappa shape index (κ3) is 2.76. The lowest BCUT2D eigenvalue weighted by Crippen LogP contribution is -1.96. The Labute approximate surface area is 105 Å². The molecule has 17 heavy (non-hydrogen) atoms. The van der Waals surface area contributed by atoms with E-state index in [9.17, 15) is 0 Å². The monoisotopic (exact) mass is 249 g/mol. The van der Waals surface area contributed by atoms with Gasteiger partial charge in [0.05, 0.1) is 11.4 Å². The molecular formula is C11H15N5S. The third-order valence-electron chi connectivity index (χ3n) is 2.35. The second-order valence-electron chi connectivity index (χ2n) is 3.59. The summed E-state index contributed by atoms with van der Waals surface area (Å²) in [5.41, 5.74) is 2.04. The fourth-order valence-electron chi connectivity index (χ4n) is 1.56. The smallest absolute Gasteiger partial charge is 0.134 e. The summed E-state index contributed by atoms with van der Waals surface area (Å²) < 4.78 is 1.80. The molecule has 2 rings (SSSR count). The molecule has 1 N–H and O–H groups in total. The molecule has 0 saturated heterocycles. The molecule has 0 bridgehead atoms. The summed E-state index contributed by atoms with van der Waals surface area (Å²) in [6.45, 7) is 2.08. The van der Waals surface area contributed by atoms with Crippen molar-refractivity contribution >= 4 is 23.3 Å². The molecule has 0 spiro atoms. The van der Waals surface area contributed by atoms with Crippen LogP contribution in [0, 0.1) is 0 Å². The molecule has 0 aromatic carbocycles. The number of anilines is 2. The minimum Gasteiger partial charge on any atom is -0.337 e. The average Bonchev–Trinajstić information content (AvgIpc) is 2.69. The van der Waals surface area contributed by atoms with Gasteiger partial charge in [0.1, 0.15) is 17.2 Å². The summed E-state index contributed by atoms with van der Waals surface area (Å²) in [6.07, 6.45) is 6.41. The molecule has 6 heteroatoms. The lowest BCUT2D eigenvalue weighted by atomic mass is 10.3. The number of hydrogen-bond acceptors (Lipinski definition) is 5. The maximum atomic E-state index is 4.37. The van der Waals surface area contributed by atoms with Gasteiger partial charge in [0.15, 0.2) is 0 Å². The van der Waals surface area contributed by atoms with Crippen LogP contribution in [0.5, 0.6) is 0 Å². The molecule has 2 aromatic rings. The zero-order valence-corrected chi connectivity index (χ0v) is 11.0. The van der Waals surface area contributed by atoms with E-state index < -0.39 is 0 Å². The molecule has 90 valence electrons. The van der Waals surface area contributed by atoms with Gasteiger partial charge in [-0.25, -0.2) is 9.97 Å². The topological polar surface area (TPSA) is 55.6 Å². The number of nitrogens with zero attached hydrogens (tertiary/aromatic N) is 4. The predicted octanol–water partition coefficient (Wildman–Crippen LogP) is 2.24. The van der Waals surface area contributed by atoms with Crippen molar-refractivity contribution in [1.29, 1.82) is 0 Å². The van der Waals surface area contributed by atoms with Crippen molar-refractivity contribution in [1.82, 2.24) is 19.7 Å². The van der Waals surface area contributed by atoms with E-state index in [4.69, 9.17) is 0 Å². The first-order valence-electron chi connectivity index (χ1n) is 5.38. The molecule has 0 aliphatic heterocycles. The minimum atomic E-state index is 0.798. The van der Waals surface area contributed by atoms with Crippen molar-refractivity contribution in [3.8, 4) is 0 Å². The Balaban J connectivity index is 2.24. The number of nitrogens with one attached hydrogen (secondary N) is 1. The Kier molecular flexibility index (Phi) is 3.63. The normalized spacial score (nSPS) is 10.5. The van der Waals surface area contributed by atoms with Crippen LogP contribution >= 0.6 is 11.8 Å². The molecule has 0 atom stereocenters. The average molecular weight is 249 g/mol. The summed E-state index contributed by atoms with van der Waals surface area (Å²) in [4.78, 5) is 8.33. The maximum Gasteiger partial charge on any atom is 0.134 e. The minimum absolute atomic E-state index is 0.798. The summed E-state index contributed by atoms with van der Waals surface area (Å²) >= 11 is 1.60. The van der Waals surface area contributed by atoms with E-state index in [-0.39, 0.29) is 0 Å². The van der Waals surface area contributed by atoms with Crippen LogP contribution in [-0.4, -0.2) is 26.0 Å². The Bertz CT molecular complexity index is 508. The van der Waals surface area contributed by atoms with Crippen molar-refractivity contribution in [2.75, 3.05) is 11.6 Å². The van der Waals surface area contributed by atoms with Crippen LogP contribution in [0.25, 0.3) is 0 Å². The molecule has 0 saturated carbocycles. The highest BCUT2D eigenvalue weighted by atomic mass is 32.2. The fourth-order valence-corrected chi connectivity index (χ4v) is 1.94. The van der Waals surface area contributed by atoms with Crippen LogP contribution in [0.1, 0.15) is 12.6 Å². The first-order valence-corrected chi connectivity index (χ1v) is 6.61. The van der Waals surface area contributed by atoms with E-state index in [0.29, 0.717) is 0 Å². The number of hydrogen-bond donors (Lipinski definition) is 1. The summed E-state index contributed by atoms with van der Waals surface area (Å²) in [5, 5.41) is 8.59. The van der Waals surface area contributed by atoms with Crippen molar-refractivity contribution in [3.63, 3.8) is 0 Å². The van der Waals surface area contributed by atoms with Gasteiger partial charge in [0.2, 0.25) is 0 Å². The molecule has 5 nitrogen and oxygen atoms in total. The van der Waals surface area contributed by atoms with Crippen molar-refractivity contribution < 1.29 is 0 Å². The Morgan fingerprint density at radius 1 is 1.41 bits per heavy atom. The summed E-state index contributed by atoms with van der Waals surface area (Å²) in [7, 11) is 1.91. The predicted molar refractivity (Wildman–Crippen MR) is 69.7 cm³/mol. The molecule has 0 aliphatic carbocycles. The van der Waals surface area contributed by atoms with Crippen LogP contribution in [0.15, 0.2) is 23.6 Å². The van der Waals surface area contributed by atoms with Gasteiger partial charge in [0.25, 0.3) is 0 Å². The highest BCUT2D eigenvalue weighted by molar-refractivity contribution is 7.98. The second-order valence-corrected chi connectivity index (χ2v) is 4.41. The van der Waals surface area contributed by atoms with Gasteiger partial charge in [0, 0.05) is 19.3 Å². The number of aryl methyl sites for hydroxylation is 2. The Morgan fingerprint density at radius 2 is 2.24 bits per heavy atom. The molecule has 0 radical (unpaired) electrons. The molecule has 0 fully saturated rings. The van der Waals surface area contributed by atoms with E-state index in [1.807, 2.05) is 25.6 Å². The molecule has 0 aliphatic rings. The SMILES string of the molecule is CCc1nn(C)cc1Nc1cc(SC)ncn1. The Hall–Kier alpha value is -1.56. The lowest BCUT2D eigenvalue weighted by Gasteiger charge is -2.04. The van der Waals surface area contributed by atoms with E-state index >= 15 is 0 Å². The first kappa shape index (κ1) is 11.9. The van der Waals surface area contributed by atoms with E-state index in [1.165, 1.54) is 0 Å². The van der Waals surface area contributed by atoms with Gasteiger partial charge in [-0.2, -0.15) is 5.10 Å². The summed E-state index contributed by atoms with van der Waals surface area (Å²) in [6, 6.07) is 1.93. The highest BCUT2D eigenvalue weighted by Crippen LogP contribution is 2.20. The third-order valence-corrected chi connectivity index (χ3v) is 3.00. The molecule has 2 heterocycles. The largest absolute Gasteiger partial charge is 0.337 e. The van der Waals surface area contributed by atoms with Crippen LogP contribution in [0.4, 0.5) is 11.5 Å². The van der Waals surface area contributed by atoms with Crippen molar-refractivity contribution in [2.45, 2.75) is 18.4 Å². The summed E-state index contributed by atoms with van der Waals surface area (Å²) in [5.74, 6) is 0.798. The van der Waals surface area contributed by atoms with E-state index in [1.54, 1.807) is 22.8 Å². The van der Waals surface area contributed by atoms with Gasteiger partial charge < -0.3 is 5.32 Å². The van der Waals surface area contributed by atoms with Gasteiger partial charge in [-0.3, -0.25) is 4.68 Å². The first-order chi connectivity index (χ1) is 8.22. The van der Waals surface area contributed by atoms with Crippen molar-refractivity contribution in [3.05, 3.63) is 24.3 Å². The van der Waals surface area contributed by atoms with Crippen LogP contribution in [0.3, 0.4) is 0 Å². The number of rotatable bonds is 4. The van der Waals surface area contributed by atoms with Gasteiger partial charge in [-0.1, -0.05) is 6.92 Å². The zero-order valence-electron chi connectivity index (χ0n) is 10.1. The highest BCUT2D eigenvalue weighted by Gasteiger charge is 2.06. The van der Waals surface area contributed by atoms with Crippen molar-refractivity contribution in [2.24, 2.45) is 7.05 Å². The number of thioether (sulfide) groups is 1. The molecular weight excluding hydrogens is 234 g/mol. The van der Waals surface area contributed by atoms with Crippen LogP contribution in [0.2, 0.25) is 0 Å². The lowest BCUT2D eigenvalue weighted by molar-refractivity contribution is 0.746. The molecule has 0 unspecified atom stereocenters. The van der Waals surface area contributed by atoms with E-state index in [2.05, 4.69) is 27.3 Å². The fraction of sp³-hybridized carbons (Fsp3) is 0.364. The Morgan fingerprint density at radius 3 is 2.94 bits per heavy atom. The van der Waals surface area contributed by atoms with Crippen LogP contribution in [-0.2, 0) is 13.5 Å². The standard InChI is InChI=1S/C11H15N5S/c1-4-8-9(6-16(2)15-8)14-10-5-11(17-3)13-7-12-10/h5-7H,4H2,1-3H3,(H,12,13,14). The second kappa shape index (κ2) is 5.18. The number of aromatic nitrogens is 4. The maximum absolute atomic E-state index is 4.37. The molecule has 0 amide bonds. The van der Waals surface area contributed by atoms with E-state index in [0.717, 1.165) is 28.6 Å². The van der Waals surface area contributed by atoms with Gasteiger partial charge in [-0.05, 0) is 12.7 Å². The zero-order chi connectivity index (χ0) is 12.3. The quantitative estimate of drug-likeness (QED) is 0.665. The molecule has 2 aromatic heterocycles.